The van der Waals surface area contributed by atoms with Gasteiger partial charge in [-0.3, -0.25) is 0 Å². The van der Waals surface area contributed by atoms with Crippen molar-refractivity contribution in [3.63, 3.8) is 0 Å². The highest BCUT2D eigenvalue weighted by atomic mass is 32.1. The van der Waals surface area contributed by atoms with Gasteiger partial charge in [-0.25, -0.2) is 4.98 Å². The van der Waals surface area contributed by atoms with Gasteiger partial charge in [0.1, 0.15) is 5.01 Å². The van der Waals surface area contributed by atoms with E-state index >= 15 is 0 Å². The minimum Gasteiger partial charge on any atom is -0.395 e. The fraction of sp³-hybridized carbons (Fsp3) is 0.438. The molecule has 1 atom stereocenters. The number of aromatic nitrogens is 1. The summed E-state index contributed by atoms with van der Waals surface area (Å²) in [5.41, 5.74) is 2.35. The predicted molar refractivity (Wildman–Crippen MR) is 84.2 cm³/mol. The highest BCUT2D eigenvalue weighted by Crippen LogP contribution is 2.29. The van der Waals surface area contributed by atoms with Gasteiger partial charge < -0.3 is 10.4 Å². The molecule has 0 spiro atoms. The van der Waals surface area contributed by atoms with Gasteiger partial charge in [-0.1, -0.05) is 51.1 Å². The lowest BCUT2D eigenvalue weighted by Crippen LogP contribution is -2.25. The SMILES string of the molecule is CC(C)(C)c1csc([C@@H](NCCO)c2ccccc2)n1. The third kappa shape index (κ3) is 3.66. The Morgan fingerprint density at radius 1 is 1.25 bits per heavy atom. The Morgan fingerprint density at radius 3 is 2.50 bits per heavy atom. The smallest absolute Gasteiger partial charge is 0.114 e. The molecule has 20 heavy (non-hydrogen) atoms. The highest BCUT2D eigenvalue weighted by molar-refractivity contribution is 7.09. The fourth-order valence-corrected chi connectivity index (χ4v) is 3.11. The molecule has 1 heterocycles. The van der Waals surface area contributed by atoms with Crippen molar-refractivity contribution in [1.29, 1.82) is 0 Å². The number of nitrogens with zero attached hydrogens (tertiary/aromatic N) is 1. The van der Waals surface area contributed by atoms with Crippen molar-refractivity contribution in [3.8, 4) is 0 Å². The van der Waals surface area contributed by atoms with Gasteiger partial charge in [0.25, 0.3) is 0 Å². The largest absolute Gasteiger partial charge is 0.395 e. The molecule has 2 rings (SSSR count). The molecule has 0 saturated heterocycles. The molecule has 2 aromatic rings. The molecule has 4 heteroatoms. The second-order valence-electron chi connectivity index (χ2n) is 5.84. The normalized spacial score (nSPS) is 13.4. The summed E-state index contributed by atoms with van der Waals surface area (Å²) in [6, 6.07) is 10.3. The Hall–Kier alpha value is -1.23. The first-order valence-corrected chi connectivity index (χ1v) is 7.75. The molecule has 0 fully saturated rings. The number of aliphatic hydroxyl groups is 1. The van der Waals surface area contributed by atoms with Gasteiger partial charge in [0.2, 0.25) is 0 Å². The van der Waals surface area contributed by atoms with Crippen LogP contribution in [-0.4, -0.2) is 23.2 Å². The highest BCUT2D eigenvalue weighted by Gasteiger charge is 2.22. The molecule has 1 aromatic carbocycles. The van der Waals surface area contributed by atoms with Crippen LogP contribution in [0, 0.1) is 0 Å². The summed E-state index contributed by atoms with van der Waals surface area (Å²) in [4.78, 5) is 4.79. The molecule has 3 nitrogen and oxygen atoms in total. The summed E-state index contributed by atoms with van der Waals surface area (Å²) in [6.45, 7) is 7.20. The predicted octanol–water partition coefficient (Wildman–Crippen LogP) is 3.11. The molecule has 0 aliphatic carbocycles. The molecule has 0 unspecified atom stereocenters. The van der Waals surface area contributed by atoms with Crippen molar-refractivity contribution < 1.29 is 5.11 Å². The number of benzene rings is 1. The first-order valence-electron chi connectivity index (χ1n) is 6.87. The number of nitrogens with one attached hydrogen (secondary N) is 1. The zero-order valence-electron chi connectivity index (χ0n) is 12.3. The first-order chi connectivity index (χ1) is 9.52. The average Bonchev–Trinajstić information content (AvgIpc) is 2.90. The van der Waals surface area contributed by atoms with Crippen molar-refractivity contribution in [2.45, 2.75) is 32.2 Å². The van der Waals surface area contributed by atoms with Crippen molar-refractivity contribution in [3.05, 3.63) is 52.0 Å². The second-order valence-corrected chi connectivity index (χ2v) is 6.73. The topological polar surface area (TPSA) is 45.1 Å². The van der Waals surface area contributed by atoms with Crippen LogP contribution in [0.5, 0.6) is 0 Å². The van der Waals surface area contributed by atoms with E-state index in [-0.39, 0.29) is 18.1 Å². The molecular weight excluding hydrogens is 268 g/mol. The molecule has 0 aliphatic heterocycles. The van der Waals surface area contributed by atoms with Crippen LogP contribution in [-0.2, 0) is 5.41 Å². The Morgan fingerprint density at radius 2 is 1.95 bits per heavy atom. The number of hydrogen-bond acceptors (Lipinski definition) is 4. The quantitative estimate of drug-likeness (QED) is 0.889. The summed E-state index contributed by atoms with van der Waals surface area (Å²) >= 11 is 1.67. The van der Waals surface area contributed by atoms with Crippen molar-refractivity contribution in [2.75, 3.05) is 13.2 Å². The van der Waals surface area contributed by atoms with Crippen LogP contribution < -0.4 is 5.32 Å². The van der Waals surface area contributed by atoms with Crippen LogP contribution >= 0.6 is 11.3 Å². The van der Waals surface area contributed by atoms with Gasteiger partial charge >= 0.3 is 0 Å². The Balaban J connectivity index is 2.29. The summed E-state index contributed by atoms with van der Waals surface area (Å²) < 4.78 is 0. The van der Waals surface area contributed by atoms with E-state index < -0.39 is 0 Å². The summed E-state index contributed by atoms with van der Waals surface area (Å²) in [5.74, 6) is 0. The maximum absolute atomic E-state index is 9.06. The lowest BCUT2D eigenvalue weighted by molar-refractivity contribution is 0.288. The fourth-order valence-electron chi connectivity index (χ4n) is 1.97. The van der Waals surface area contributed by atoms with Gasteiger partial charge in [-0.05, 0) is 5.56 Å². The first kappa shape index (κ1) is 15.2. The number of rotatable bonds is 5. The summed E-state index contributed by atoms with van der Waals surface area (Å²) in [5, 5.41) is 15.6. The standard InChI is InChI=1S/C16H22N2OS/c1-16(2,3)13-11-20-15(18-13)14(17-9-10-19)12-7-5-4-6-8-12/h4-8,11,14,17,19H,9-10H2,1-3H3/t14-/m0/s1. The van der Waals surface area contributed by atoms with Crippen molar-refractivity contribution >= 4 is 11.3 Å². The molecule has 0 saturated carbocycles. The number of thiazole rings is 1. The van der Waals surface area contributed by atoms with Gasteiger partial charge in [0.15, 0.2) is 0 Å². The summed E-state index contributed by atoms with van der Waals surface area (Å²) in [6.07, 6.45) is 0. The minimum atomic E-state index is 0.0458. The third-order valence-corrected chi connectivity index (χ3v) is 4.04. The number of aliphatic hydroxyl groups excluding tert-OH is 1. The monoisotopic (exact) mass is 290 g/mol. The van der Waals surface area contributed by atoms with Gasteiger partial charge in [-0.15, -0.1) is 11.3 Å². The van der Waals surface area contributed by atoms with Crippen LogP contribution in [0.3, 0.4) is 0 Å². The third-order valence-electron chi connectivity index (χ3n) is 3.13. The zero-order chi connectivity index (χ0) is 14.6. The zero-order valence-corrected chi connectivity index (χ0v) is 13.1. The van der Waals surface area contributed by atoms with Gasteiger partial charge in [0, 0.05) is 17.3 Å². The lowest BCUT2D eigenvalue weighted by atomic mass is 9.93. The maximum Gasteiger partial charge on any atom is 0.114 e. The van der Waals surface area contributed by atoms with Gasteiger partial charge in [0.05, 0.1) is 18.3 Å². The molecule has 0 aliphatic rings. The molecule has 108 valence electrons. The molecule has 0 amide bonds. The summed E-state index contributed by atoms with van der Waals surface area (Å²) in [7, 11) is 0. The molecule has 0 bridgehead atoms. The molecule has 2 N–H and O–H groups in total. The molecular formula is C16H22N2OS. The molecule has 1 aromatic heterocycles. The lowest BCUT2D eigenvalue weighted by Gasteiger charge is -2.18. The van der Waals surface area contributed by atoms with E-state index in [9.17, 15) is 0 Å². The van der Waals surface area contributed by atoms with E-state index in [1.807, 2.05) is 18.2 Å². The van der Waals surface area contributed by atoms with Crippen LogP contribution in [0.25, 0.3) is 0 Å². The Labute approximate surface area is 124 Å². The van der Waals surface area contributed by atoms with Crippen LogP contribution in [0.2, 0.25) is 0 Å². The average molecular weight is 290 g/mol. The van der Waals surface area contributed by atoms with Crippen molar-refractivity contribution in [2.24, 2.45) is 0 Å². The van der Waals surface area contributed by atoms with E-state index in [2.05, 4.69) is 43.6 Å². The van der Waals surface area contributed by atoms with Gasteiger partial charge in [-0.2, -0.15) is 0 Å². The van der Waals surface area contributed by atoms with E-state index in [0.717, 1.165) is 10.7 Å². The van der Waals surface area contributed by atoms with E-state index in [1.165, 1.54) is 5.56 Å². The molecule has 0 radical (unpaired) electrons. The Kier molecular flexibility index (Phi) is 4.91. The minimum absolute atomic E-state index is 0.0458. The van der Waals surface area contributed by atoms with E-state index in [1.54, 1.807) is 11.3 Å². The van der Waals surface area contributed by atoms with Crippen LogP contribution in [0.4, 0.5) is 0 Å². The van der Waals surface area contributed by atoms with Crippen LogP contribution in [0.15, 0.2) is 35.7 Å². The number of hydrogen-bond donors (Lipinski definition) is 2. The van der Waals surface area contributed by atoms with Crippen LogP contribution in [0.1, 0.15) is 43.1 Å². The van der Waals surface area contributed by atoms with E-state index in [0.29, 0.717) is 6.54 Å². The maximum atomic E-state index is 9.06. The van der Waals surface area contributed by atoms with E-state index in [4.69, 9.17) is 10.1 Å². The second kappa shape index (κ2) is 6.48. The van der Waals surface area contributed by atoms with Crippen molar-refractivity contribution in [1.82, 2.24) is 10.3 Å². The Bertz CT molecular complexity index is 531.